The highest BCUT2D eigenvalue weighted by Crippen LogP contribution is 2.42. The topological polar surface area (TPSA) is 44.8 Å². The van der Waals surface area contributed by atoms with Crippen LogP contribution in [0.15, 0.2) is 49.1 Å². The molecule has 3 heterocycles. The van der Waals surface area contributed by atoms with E-state index in [2.05, 4.69) is 67.8 Å². The first-order valence-electron chi connectivity index (χ1n) is 11.7. The third-order valence-corrected chi connectivity index (χ3v) is 7.81. The van der Waals surface area contributed by atoms with Gasteiger partial charge in [0.2, 0.25) is 0 Å². The first-order valence-corrected chi connectivity index (χ1v) is 12.8. The minimum Gasteiger partial charge on any atom is -0.351 e. The van der Waals surface area contributed by atoms with Crippen LogP contribution < -0.4 is 0 Å². The first kappa shape index (κ1) is 21.1. The summed E-state index contributed by atoms with van der Waals surface area (Å²) in [6.07, 6.45) is 14.1. The molecule has 1 aromatic carbocycles. The molecule has 1 fully saturated rings. The molecule has 2 aliphatic rings. The predicted octanol–water partition coefficient (Wildman–Crippen LogP) is 5.37. The summed E-state index contributed by atoms with van der Waals surface area (Å²) in [4.78, 5) is 15.0. The molecule has 5 rings (SSSR count). The van der Waals surface area contributed by atoms with Gasteiger partial charge in [0.15, 0.2) is 0 Å². The Morgan fingerprint density at radius 2 is 1.90 bits per heavy atom. The van der Waals surface area contributed by atoms with Crippen molar-refractivity contribution in [2.24, 2.45) is 5.92 Å². The number of aryl methyl sites for hydroxylation is 3. The van der Waals surface area contributed by atoms with Gasteiger partial charge >= 0.3 is 0 Å². The highest BCUT2D eigenvalue weighted by molar-refractivity contribution is 14.1. The maximum Gasteiger partial charge on any atom is 0.0923 e. The number of rotatable bonds is 6. The smallest absolute Gasteiger partial charge is 0.0923 e. The van der Waals surface area contributed by atoms with Gasteiger partial charge in [0, 0.05) is 21.9 Å². The number of pyridine rings is 1. The van der Waals surface area contributed by atoms with Crippen molar-refractivity contribution >= 4 is 22.6 Å². The Kier molecular flexibility index (Phi) is 6.69. The van der Waals surface area contributed by atoms with E-state index in [1.165, 1.54) is 77.0 Å². The van der Waals surface area contributed by atoms with Crippen molar-refractivity contribution in [3.05, 3.63) is 80.7 Å². The zero-order chi connectivity index (χ0) is 21.0. The number of halogens is 1. The third-order valence-electron chi connectivity index (χ3n) is 7.14. The van der Waals surface area contributed by atoms with E-state index in [0.717, 1.165) is 19.3 Å². The molecule has 0 bridgehead atoms. The molecule has 1 N–H and O–H groups in total. The van der Waals surface area contributed by atoms with E-state index in [9.17, 15) is 0 Å². The first-order chi connectivity index (χ1) is 15.3. The summed E-state index contributed by atoms with van der Waals surface area (Å²) in [5, 5.41) is 0. The van der Waals surface area contributed by atoms with Gasteiger partial charge in [-0.2, -0.15) is 0 Å². The molecule has 0 amide bonds. The van der Waals surface area contributed by atoms with E-state index in [1.807, 2.05) is 12.4 Å². The van der Waals surface area contributed by atoms with E-state index in [-0.39, 0.29) is 0 Å². The second kappa shape index (κ2) is 9.82. The van der Waals surface area contributed by atoms with Gasteiger partial charge in [0.1, 0.15) is 0 Å². The van der Waals surface area contributed by atoms with Gasteiger partial charge in [-0.1, -0.05) is 12.1 Å². The molecular weight excluding hydrogens is 495 g/mol. The molecule has 0 saturated carbocycles. The zero-order valence-electron chi connectivity index (χ0n) is 18.1. The molecule has 1 aliphatic heterocycles. The number of nitrogens with zero attached hydrogens (tertiary/aromatic N) is 3. The molecule has 1 saturated heterocycles. The highest BCUT2D eigenvalue weighted by atomic mass is 127. The van der Waals surface area contributed by atoms with Crippen LogP contribution in [0, 0.1) is 9.49 Å². The number of imidazole rings is 1. The molecule has 3 aromatic rings. The fourth-order valence-electron chi connectivity index (χ4n) is 5.51. The van der Waals surface area contributed by atoms with Crippen molar-refractivity contribution in [2.45, 2.75) is 50.9 Å². The lowest BCUT2D eigenvalue weighted by molar-refractivity contribution is 0.172. The molecule has 0 spiro atoms. The Bertz CT molecular complexity index is 992. The normalized spacial score (nSPS) is 19.6. The molecular formula is C26H31IN4. The molecule has 2 aromatic heterocycles. The molecule has 1 unspecified atom stereocenters. The van der Waals surface area contributed by atoms with Crippen LogP contribution in [-0.2, 0) is 19.3 Å². The van der Waals surface area contributed by atoms with Gasteiger partial charge < -0.3 is 9.88 Å². The van der Waals surface area contributed by atoms with Crippen molar-refractivity contribution in [1.29, 1.82) is 0 Å². The Morgan fingerprint density at radius 3 is 2.74 bits per heavy atom. The molecule has 1 aliphatic carbocycles. The lowest BCUT2D eigenvalue weighted by atomic mass is 9.76. The fraction of sp³-hybridized carbons (Fsp3) is 0.462. The SMILES string of the molecule is Ic1ccc2c(c1)CCc1cccnc1C2C1CCN(CCCCc2c[nH]cn2)CC1. The molecule has 4 nitrogen and oxygen atoms in total. The number of aromatic nitrogens is 3. The molecule has 162 valence electrons. The molecule has 1 atom stereocenters. The quantitative estimate of drug-likeness (QED) is 0.347. The number of hydrogen-bond donors (Lipinski definition) is 1. The monoisotopic (exact) mass is 526 g/mol. The Hall–Kier alpha value is -1.73. The number of H-pyrrole nitrogens is 1. The third kappa shape index (κ3) is 4.87. The van der Waals surface area contributed by atoms with E-state index in [1.54, 1.807) is 6.33 Å². The van der Waals surface area contributed by atoms with E-state index in [0.29, 0.717) is 11.8 Å². The second-order valence-corrected chi connectivity index (χ2v) is 10.3. The van der Waals surface area contributed by atoms with Gasteiger partial charge in [0.25, 0.3) is 0 Å². The largest absolute Gasteiger partial charge is 0.351 e. The van der Waals surface area contributed by atoms with Crippen molar-refractivity contribution in [1.82, 2.24) is 19.9 Å². The zero-order valence-corrected chi connectivity index (χ0v) is 20.2. The maximum atomic E-state index is 4.94. The summed E-state index contributed by atoms with van der Waals surface area (Å²) < 4.78 is 1.35. The van der Waals surface area contributed by atoms with Crippen LogP contribution >= 0.6 is 22.6 Å². The van der Waals surface area contributed by atoms with Crippen LogP contribution in [0.25, 0.3) is 0 Å². The minimum absolute atomic E-state index is 0.451. The summed E-state index contributed by atoms with van der Waals surface area (Å²) in [6, 6.07) is 11.5. The van der Waals surface area contributed by atoms with Crippen LogP contribution in [0.3, 0.4) is 0 Å². The molecule has 31 heavy (non-hydrogen) atoms. The van der Waals surface area contributed by atoms with E-state index >= 15 is 0 Å². The van der Waals surface area contributed by atoms with Crippen LogP contribution in [0.2, 0.25) is 0 Å². The standard InChI is InChI=1S/C26H31IN4/c27-22-8-9-24-21(16-22)7-6-20-4-3-12-29-26(20)25(24)19-10-14-31(15-11-19)13-2-1-5-23-17-28-18-30-23/h3-4,8-9,12,16-19,25H,1-2,5-7,10-11,13-15H2,(H,28,30). The maximum absolute atomic E-state index is 4.94. The number of likely N-dealkylation sites (tertiary alicyclic amines) is 1. The van der Waals surface area contributed by atoms with Gasteiger partial charge in [-0.15, -0.1) is 0 Å². The Labute approximate surface area is 199 Å². The van der Waals surface area contributed by atoms with Crippen molar-refractivity contribution in [3.63, 3.8) is 0 Å². The number of piperidine rings is 1. The summed E-state index contributed by atoms with van der Waals surface area (Å²) >= 11 is 2.45. The number of benzene rings is 1. The van der Waals surface area contributed by atoms with Gasteiger partial charge in [-0.05, 0) is 128 Å². The number of aromatic amines is 1. The van der Waals surface area contributed by atoms with E-state index in [4.69, 9.17) is 4.98 Å². The number of nitrogens with one attached hydrogen (secondary N) is 1. The molecule has 0 radical (unpaired) electrons. The summed E-state index contributed by atoms with van der Waals surface area (Å²) in [5.74, 6) is 1.14. The minimum atomic E-state index is 0.451. The number of fused-ring (bicyclic) bond motifs is 2. The van der Waals surface area contributed by atoms with Gasteiger partial charge in [-0.3, -0.25) is 4.98 Å². The lowest BCUT2D eigenvalue weighted by Gasteiger charge is -2.36. The van der Waals surface area contributed by atoms with Crippen molar-refractivity contribution in [2.75, 3.05) is 19.6 Å². The average Bonchev–Trinajstić information content (AvgIpc) is 3.26. The lowest BCUT2D eigenvalue weighted by Crippen LogP contribution is -2.36. The van der Waals surface area contributed by atoms with Gasteiger partial charge in [0.05, 0.1) is 17.7 Å². The van der Waals surface area contributed by atoms with Crippen molar-refractivity contribution in [3.8, 4) is 0 Å². The Morgan fingerprint density at radius 1 is 1.03 bits per heavy atom. The fourth-order valence-corrected chi connectivity index (χ4v) is 6.07. The van der Waals surface area contributed by atoms with Crippen LogP contribution in [0.1, 0.15) is 59.7 Å². The van der Waals surface area contributed by atoms with Gasteiger partial charge in [-0.25, -0.2) is 4.98 Å². The number of unbranched alkanes of at least 4 members (excludes halogenated alkanes) is 1. The second-order valence-electron chi connectivity index (χ2n) is 9.07. The predicted molar refractivity (Wildman–Crippen MR) is 133 cm³/mol. The Balaban J connectivity index is 1.25. The summed E-state index contributed by atoms with van der Waals surface area (Å²) in [5.41, 5.74) is 7.07. The van der Waals surface area contributed by atoms with Crippen molar-refractivity contribution < 1.29 is 0 Å². The van der Waals surface area contributed by atoms with Crippen LogP contribution in [0.5, 0.6) is 0 Å². The number of hydrogen-bond acceptors (Lipinski definition) is 3. The average molecular weight is 526 g/mol. The summed E-state index contributed by atoms with van der Waals surface area (Å²) in [6.45, 7) is 3.64. The summed E-state index contributed by atoms with van der Waals surface area (Å²) in [7, 11) is 0. The highest BCUT2D eigenvalue weighted by Gasteiger charge is 2.33. The molecule has 5 heteroatoms. The van der Waals surface area contributed by atoms with E-state index < -0.39 is 0 Å². The van der Waals surface area contributed by atoms with Crippen LogP contribution in [-0.4, -0.2) is 39.5 Å². The van der Waals surface area contributed by atoms with Crippen LogP contribution in [0.4, 0.5) is 0 Å².